The SMILES string of the molecule is CC.O=C(CCc1ccccc1)N1CCC(O)CC1. The molecule has 1 heterocycles. The van der Waals surface area contributed by atoms with E-state index in [9.17, 15) is 9.90 Å². The number of carbonyl (C=O) groups is 1. The average Bonchev–Trinajstić information content (AvgIpc) is 2.49. The summed E-state index contributed by atoms with van der Waals surface area (Å²) in [7, 11) is 0. The molecule has 1 aromatic carbocycles. The molecule has 0 radical (unpaired) electrons. The van der Waals surface area contributed by atoms with Crippen molar-refractivity contribution in [1.82, 2.24) is 4.90 Å². The lowest BCUT2D eigenvalue weighted by molar-refractivity contribution is -0.133. The van der Waals surface area contributed by atoms with Crippen LogP contribution in [0.25, 0.3) is 0 Å². The van der Waals surface area contributed by atoms with Crippen molar-refractivity contribution in [2.75, 3.05) is 13.1 Å². The van der Waals surface area contributed by atoms with E-state index in [2.05, 4.69) is 0 Å². The van der Waals surface area contributed by atoms with Crippen LogP contribution in [0.3, 0.4) is 0 Å². The van der Waals surface area contributed by atoms with Crippen molar-refractivity contribution >= 4 is 5.91 Å². The molecule has 19 heavy (non-hydrogen) atoms. The maximum Gasteiger partial charge on any atom is 0.222 e. The largest absolute Gasteiger partial charge is 0.393 e. The molecule has 0 saturated carbocycles. The van der Waals surface area contributed by atoms with Gasteiger partial charge in [0, 0.05) is 19.5 Å². The van der Waals surface area contributed by atoms with Gasteiger partial charge in [0.05, 0.1) is 6.10 Å². The molecule has 3 nitrogen and oxygen atoms in total. The molecule has 1 aliphatic rings. The first-order chi connectivity index (χ1) is 9.25. The quantitative estimate of drug-likeness (QED) is 0.910. The maximum absolute atomic E-state index is 11.9. The number of amides is 1. The van der Waals surface area contributed by atoms with Gasteiger partial charge in [-0.1, -0.05) is 44.2 Å². The number of piperidine rings is 1. The number of aryl methyl sites for hydroxylation is 1. The fourth-order valence-corrected chi connectivity index (χ4v) is 2.17. The second-order valence-electron chi connectivity index (χ2n) is 4.60. The van der Waals surface area contributed by atoms with Crippen LogP contribution in [0, 0.1) is 0 Å². The van der Waals surface area contributed by atoms with E-state index >= 15 is 0 Å². The third-order valence-electron chi connectivity index (χ3n) is 3.29. The summed E-state index contributed by atoms with van der Waals surface area (Å²) in [5.74, 6) is 0.209. The Bertz CT molecular complexity index is 356. The van der Waals surface area contributed by atoms with Gasteiger partial charge >= 0.3 is 0 Å². The molecule has 0 unspecified atom stereocenters. The number of hydrogen-bond acceptors (Lipinski definition) is 2. The van der Waals surface area contributed by atoms with Crippen LogP contribution in [0.4, 0.5) is 0 Å². The second kappa shape index (κ2) is 8.70. The van der Waals surface area contributed by atoms with Gasteiger partial charge in [-0.3, -0.25) is 4.79 Å². The van der Waals surface area contributed by atoms with Crippen LogP contribution in [0.2, 0.25) is 0 Å². The molecule has 0 aromatic heterocycles. The summed E-state index contributed by atoms with van der Waals surface area (Å²) in [6.07, 6.45) is 2.60. The predicted octanol–water partition coefficient (Wildman–Crippen LogP) is 2.63. The van der Waals surface area contributed by atoms with E-state index in [1.54, 1.807) is 0 Å². The Balaban J connectivity index is 0.000000861. The van der Waals surface area contributed by atoms with Crippen molar-refractivity contribution in [3.05, 3.63) is 35.9 Å². The highest BCUT2D eigenvalue weighted by molar-refractivity contribution is 5.76. The van der Waals surface area contributed by atoms with Crippen LogP contribution in [0.1, 0.15) is 38.7 Å². The lowest BCUT2D eigenvalue weighted by atomic mass is 10.1. The summed E-state index contributed by atoms with van der Waals surface area (Å²) >= 11 is 0. The van der Waals surface area contributed by atoms with E-state index in [1.165, 1.54) is 5.56 Å². The van der Waals surface area contributed by atoms with Crippen LogP contribution in [0.5, 0.6) is 0 Å². The zero-order chi connectivity index (χ0) is 14.1. The molecule has 0 bridgehead atoms. The molecule has 0 atom stereocenters. The molecule has 1 aromatic rings. The van der Waals surface area contributed by atoms with Gasteiger partial charge in [-0.25, -0.2) is 0 Å². The Kier molecular flexibility index (Phi) is 7.19. The number of hydrogen-bond donors (Lipinski definition) is 1. The molecule has 1 N–H and O–H groups in total. The van der Waals surface area contributed by atoms with Gasteiger partial charge in [0.15, 0.2) is 0 Å². The summed E-state index contributed by atoms with van der Waals surface area (Å²) < 4.78 is 0. The minimum absolute atomic E-state index is 0.209. The molecular weight excluding hydrogens is 238 g/mol. The van der Waals surface area contributed by atoms with E-state index < -0.39 is 0 Å². The third-order valence-corrected chi connectivity index (χ3v) is 3.29. The van der Waals surface area contributed by atoms with Gasteiger partial charge in [-0.05, 0) is 24.8 Å². The number of nitrogens with zero attached hydrogens (tertiary/aromatic N) is 1. The highest BCUT2D eigenvalue weighted by Gasteiger charge is 2.20. The molecular formula is C16H25NO2. The van der Waals surface area contributed by atoms with Crippen LogP contribution < -0.4 is 0 Å². The summed E-state index contributed by atoms with van der Waals surface area (Å²) in [4.78, 5) is 13.8. The standard InChI is InChI=1S/C14H19NO2.C2H6/c16-13-8-10-15(11-9-13)14(17)7-6-12-4-2-1-3-5-12;1-2/h1-5,13,16H,6-11H2;1-2H3. The minimum Gasteiger partial charge on any atom is -0.393 e. The van der Waals surface area contributed by atoms with Crippen molar-refractivity contribution in [2.24, 2.45) is 0 Å². The van der Waals surface area contributed by atoms with Gasteiger partial charge in [-0.15, -0.1) is 0 Å². The number of likely N-dealkylation sites (tertiary alicyclic amines) is 1. The van der Waals surface area contributed by atoms with Crippen molar-refractivity contribution in [1.29, 1.82) is 0 Å². The average molecular weight is 263 g/mol. The Hall–Kier alpha value is -1.35. The normalized spacial score (nSPS) is 15.6. The molecule has 1 amide bonds. The first-order valence-corrected chi connectivity index (χ1v) is 7.25. The zero-order valence-corrected chi connectivity index (χ0v) is 12.0. The second-order valence-corrected chi connectivity index (χ2v) is 4.60. The van der Waals surface area contributed by atoms with Crippen LogP contribution in [-0.4, -0.2) is 35.1 Å². The Morgan fingerprint density at radius 2 is 1.79 bits per heavy atom. The molecule has 0 aliphatic carbocycles. The van der Waals surface area contributed by atoms with Crippen LogP contribution in [-0.2, 0) is 11.2 Å². The lowest BCUT2D eigenvalue weighted by Crippen LogP contribution is -2.40. The molecule has 1 fully saturated rings. The molecule has 2 rings (SSSR count). The Labute approximate surface area is 116 Å². The van der Waals surface area contributed by atoms with E-state index in [0.29, 0.717) is 19.5 Å². The molecule has 106 valence electrons. The van der Waals surface area contributed by atoms with E-state index in [1.807, 2.05) is 49.1 Å². The van der Waals surface area contributed by atoms with Crippen molar-refractivity contribution < 1.29 is 9.90 Å². The molecule has 0 spiro atoms. The smallest absolute Gasteiger partial charge is 0.222 e. The zero-order valence-electron chi connectivity index (χ0n) is 12.0. The predicted molar refractivity (Wildman–Crippen MR) is 77.9 cm³/mol. The van der Waals surface area contributed by atoms with Gasteiger partial charge in [0.25, 0.3) is 0 Å². The Morgan fingerprint density at radius 1 is 1.21 bits per heavy atom. The van der Waals surface area contributed by atoms with E-state index in [-0.39, 0.29) is 12.0 Å². The summed E-state index contributed by atoms with van der Waals surface area (Å²) in [6, 6.07) is 10.1. The van der Waals surface area contributed by atoms with Gasteiger partial charge in [0.2, 0.25) is 5.91 Å². The van der Waals surface area contributed by atoms with Crippen molar-refractivity contribution in [3.8, 4) is 0 Å². The summed E-state index contributed by atoms with van der Waals surface area (Å²) in [5, 5.41) is 9.38. The van der Waals surface area contributed by atoms with E-state index in [0.717, 1.165) is 19.3 Å². The fourth-order valence-electron chi connectivity index (χ4n) is 2.17. The number of rotatable bonds is 3. The number of benzene rings is 1. The molecule has 1 aliphatic heterocycles. The van der Waals surface area contributed by atoms with Gasteiger partial charge < -0.3 is 10.0 Å². The fraction of sp³-hybridized carbons (Fsp3) is 0.562. The number of carbonyl (C=O) groups excluding carboxylic acids is 1. The number of aliphatic hydroxyl groups excluding tert-OH is 1. The maximum atomic E-state index is 11.9. The molecule has 1 saturated heterocycles. The monoisotopic (exact) mass is 263 g/mol. The third kappa shape index (κ3) is 5.43. The highest BCUT2D eigenvalue weighted by Crippen LogP contribution is 2.12. The van der Waals surface area contributed by atoms with Gasteiger partial charge in [-0.2, -0.15) is 0 Å². The lowest BCUT2D eigenvalue weighted by Gasteiger charge is -2.29. The van der Waals surface area contributed by atoms with Crippen LogP contribution in [0.15, 0.2) is 30.3 Å². The highest BCUT2D eigenvalue weighted by atomic mass is 16.3. The van der Waals surface area contributed by atoms with E-state index in [4.69, 9.17) is 0 Å². The topological polar surface area (TPSA) is 40.5 Å². The summed E-state index contributed by atoms with van der Waals surface area (Å²) in [5.41, 5.74) is 1.21. The minimum atomic E-state index is -0.215. The van der Waals surface area contributed by atoms with Crippen molar-refractivity contribution in [2.45, 2.75) is 45.6 Å². The van der Waals surface area contributed by atoms with Crippen LogP contribution >= 0.6 is 0 Å². The van der Waals surface area contributed by atoms with Gasteiger partial charge in [0.1, 0.15) is 0 Å². The summed E-state index contributed by atoms with van der Waals surface area (Å²) in [6.45, 7) is 5.41. The number of aliphatic hydroxyl groups is 1. The first-order valence-electron chi connectivity index (χ1n) is 7.25. The first kappa shape index (κ1) is 15.7. The molecule has 3 heteroatoms. The Morgan fingerprint density at radius 3 is 2.37 bits per heavy atom. The van der Waals surface area contributed by atoms with Crippen molar-refractivity contribution in [3.63, 3.8) is 0 Å².